The highest BCUT2D eigenvalue weighted by Crippen LogP contribution is 2.12. The molecule has 0 radical (unpaired) electrons. The summed E-state index contributed by atoms with van der Waals surface area (Å²) in [5, 5.41) is 8.73. The molecule has 0 unspecified atom stereocenters. The number of nitrogens with two attached hydrogens (primary N) is 2. The van der Waals surface area contributed by atoms with Crippen LogP contribution in [-0.4, -0.2) is 28.9 Å². The number of aliphatic carboxylic acids is 1. The lowest BCUT2D eigenvalue weighted by Gasteiger charge is -2.20. The summed E-state index contributed by atoms with van der Waals surface area (Å²) in [7, 11) is 0. The lowest BCUT2D eigenvalue weighted by molar-refractivity contribution is -0.148. The molecule has 0 saturated carbocycles. The second kappa shape index (κ2) is 6.75. The van der Waals surface area contributed by atoms with Gasteiger partial charge in [0, 0.05) is 0 Å². The number of hydrogen-bond acceptors (Lipinski definition) is 4. The van der Waals surface area contributed by atoms with Crippen molar-refractivity contribution in [3.63, 3.8) is 0 Å². The van der Waals surface area contributed by atoms with Gasteiger partial charge in [0.15, 0.2) is 11.3 Å². The van der Waals surface area contributed by atoms with Gasteiger partial charge in [-0.3, -0.25) is 4.79 Å². The molecule has 0 aromatic rings. The van der Waals surface area contributed by atoms with Gasteiger partial charge in [-0.2, -0.15) is 0 Å². The van der Waals surface area contributed by atoms with Crippen molar-refractivity contribution in [1.82, 2.24) is 0 Å². The number of Topliss-reactive ketones (excluding diaryl/α,β-unsaturated/α-hetero) is 1. The van der Waals surface area contributed by atoms with Crippen molar-refractivity contribution in [2.45, 2.75) is 31.7 Å². The number of halogens is 1. The molecule has 0 amide bonds. The molecule has 0 aromatic carbocycles. The van der Waals surface area contributed by atoms with Gasteiger partial charge in [0.25, 0.3) is 0 Å². The lowest BCUT2D eigenvalue weighted by atomic mass is 9.90. The highest BCUT2D eigenvalue weighted by atomic mass is 35.5. The maximum absolute atomic E-state index is 11.0. The van der Waals surface area contributed by atoms with Crippen LogP contribution in [0.3, 0.4) is 0 Å². The summed E-state index contributed by atoms with van der Waals surface area (Å²) >= 11 is 0. The van der Waals surface area contributed by atoms with Crippen LogP contribution in [0.5, 0.6) is 0 Å². The van der Waals surface area contributed by atoms with E-state index in [1.165, 1.54) is 6.92 Å². The number of carbonyl (C=O) groups excluding carboxylic acids is 1. The molecule has 1 atom stereocenters. The van der Waals surface area contributed by atoms with Crippen molar-refractivity contribution in [1.29, 1.82) is 0 Å². The highest BCUT2D eigenvalue weighted by molar-refractivity contribution is 6.06. The first-order valence-corrected chi connectivity index (χ1v) is 4.18. The van der Waals surface area contributed by atoms with E-state index in [0.29, 0.717) is 19.4 Å². The van der Waals surface area contributed by atoms with E-state index in [-0.39, 0.29) is 18.8 Å². The van der Waals surface area contributed by atoms with Crippen LogP contribution in [-0.2, 0) is 9.59 Å². The van der Waals surface area contributed by atoms with E-state index in [1.807, 2.05) is 0 Å². The zero-order chi connectivity index (χ0) is 10.5. The molecule has 0 heterocycles. The zero-order valence-corrected chi connectivity index (χ0v) is 8.97. The van der Waals surface area contributed by atoms with Crippen LogP contribution < -0.4 is 11.5 Å². The van der Waals surface area contributed by atoms with Crippen LogP contribution in [0.15, 0.2) is 0 Å². The number of carboxylic acids is 1. The number of carbonyl (C=O) groups is 2. The van der Waals surface area contributed by atoms with Crippen LogP contribution in [0.25, 0.3) is 0 Å². The van der Waals surface area contributed by atoms with Gasteiger partial charge in [0.2, 0.25) is 0 Å². The average Bonchev–Trinajstić information content (AvgIpc) is 2.03. The first-order valence-electron chi connectivity index (χ1n) is 4.18. The predicted molar refractivity (Wildman–Crippen MR) is 55.4 cm³/mol. The van der Waals surface area contributed by atoms with E-state index in [1.54, 1.807) is 0 Å². The smallest absolute Gasteiger partial charge is 0.331 e. The summed E-state index contributed by atoms with van der Waals surface area (Å²) in [5.41, 5.74) is 8.94. The van der Waals surface area contributed by atoms with Gasteiger partial charge in [-0.15, -0.1) is 12.4 Å². The van der Waals surface area contributed by atoms with Crippen molar-refractivity contribution < 1.29 is 14.7 Å². The molecule has 0 aromatic heterocycles. The Labute approximate surface area is 89.2 Å². The third-order valence-corrected chi connectivity index (χ3v) is 2.04. The Kier molecular flexibility index (Phi) is 7.62. The Hall–Kier alpha value is -0.650. The SMILES string of the molecule is CC(=O)[C@](N)(CCCCN)C(=O)O.Cl. The molecular formula is C8H17ClN2O3. The van der Waals surface area contributed by atoms with Crippen molar-refractivity contribution >= 4 is 24.2 Å². The van der Waals surface area contributed by atoms with E-state index in [9.17, 15) is 9.59 Å². The van der Waals surface area contributed by atoms with Gasteiger partial charge in [-0.25, -0.2) is 4.79 Å². The second-order valence-corrected chi connectivity index (χ2v) is 3.08. The summed E-state index contributed by atoms with van der Waals surface area (Å²) in [6, 6.07) is 0. The van der Waals surface area contributed by atoms with Crippen molar-refractivity contribution in [2.24, 2.45) is 11.5 Å². The Morgan fingerprint density at radius 1 is 1.36 bits per heavy atom. The van der Waals surface area contributed by atoms with E-state index in [2.05, 4.69) is 0 Å². The van der Waals surface area contributed by atoms with Crippen molar-refractivity contribution in [2.75, 3.05) is 6.54 Å². The molecular weight excluding hydrogens is 208 g/mol. The van der Waals surface area contributed by atoms with Gasteiger partial charge < -0.3 is 16.6 Å². The molecule has 0 aliphatic heterocycles. The molecule has 5 nitrogen and oxygen atoms in total. The van der Waals surface area contributed by atoms with Crippen LogP contribution in [0.1, 0.15) is 26.2 Å². The molecule has 5 N–H and O–H groups in total. The maximum Gasteiger partial charge on any atom is 0.331 e. The Morgan fingerprint density at radius 3 is 2.14 bits per heavy atom. The fourth-order valence-corrected chi connectivity index (χ4v) is 0.982. The summed E-state index contributed by atoms with van der Waals surface area (Å²) < 4.78 is 0. The fraction of sp³-hybridized carbons (Fsp3) is 0.750. The number of ketones is 1. The topological polar surface area (TPSA) is 106 Å². The fourth-order valence-electron chi connectivity index (χ4n) is 0.982. The van der Waals surface area contributed by atoms with Gasteiger partial charge >= 0.3 is 5.97 Å². The van der Waals surface area contributed by atoms with Gasteiger partial charge in [0.05, 0.1) is 0 Å². The van der Waals surface area contributed by atoms with Crippen molar-refractivity contribution in [3.05, 3.63) is 0 Å². The van der Waals surface area contributed by atoms with Gasteiger partial charge in [0.1, 0.15) is 0 Å². The normalized spacial score (nSPS) is 13.9. The van der Waals surface area contributed by atoms with Crippen LogP contribution >= 0.6 is 12.4 Å². The molecule has 84 valence electrons. The summed E-state index contributed by atoms with van der Waals surface area (Å²) in [6.45, 7) is 1.67. The summed E-state index contributed by atoms with van der Waals surface area (Å²) in [4.78, 5) is 21.6. The van der Waals surface area contributed by atoms with Crippen LogP contribution in [0, 0.1) is 0 Å². The number of rotatable bonds is 6. The summed E-state index contributed by atoms with van der Waals surface area (Å²) in [6.07, 6.45) is 1.38. The van der Waals surface area contributed by atoms with Crippen LogP contribution in [0.2, 0.25) is 0 Å². The highest BCUT2D eigenvalue weighted by Gasteiger charge is 2.38. The molecule has 14 heavy (non-hydrogen) atoms. The molecule has 0 aliphatic carbocycles. The lowest BCUT2D eigenvalue weighted by Crippen LogP contribution is -2.53. The van der Waals surface area contributed by atoms with E-state index in [0.717, 1.165) is 0 Å². The Balaban J connectivity index is 0. The summed E-state index contributed by atoms with van der Waals surface area (Å²) in [5.74, 6) is -1.78. The van der Waals surface area contributed by atoms with Gasteiger partial charge in [-0.1, -0.05) is 0 Å². The van der Waals surface area contributed by atoms with E-state index < -0.39 is 17.3 Å². The average molecular weight is 225 g/mol. The first-order chi connectivity index (χ1) is 5.95. The van der Waals surface area contributed by atoms with E-state index in [4.69, 9.17) is 16.6 Å². The minimum absolute atomic E-state index is 0. The monoisotopic (exact) mass is 224 g/mol. The largest absolute Gasteiger partial charge is 0.480 e. The molecule has 0 fully saturated rings. The molecule has 0 aliphatic rings. The number of unbranched alkanes of at least 4 members (excludes halogenated alkanes) is 1. The molecule has 0 spiro atoms. The first kappa shape index (κ1) is 15.8. The molecule has 6 heteroatoms. The molecule has 0 rings (SSSR count). The van der Waals surface area contributed by atoms with Crippen molar-refractivity contribution in [3.8, 4) is 0 Å². The molecule has 0 saturated heterocycles. The zero-order valence-electron chi connectivity index (χ0n) is 8.16. The minimum atomic E-state index is -1.73. The third kappa shape index (κ3) is 4.04. The number of hydrogen-bond donors (Lipinski definition) is 3. The Morgan fingerprint density at radius 2 is 1.86 bits per heavy atom. The predicted octanol–water partition coefficient (Wildman–Crippen LogP) is -0.0917. The maximum atomic E-state index is 11.0. The standard InChI is InChI=1S/C8H16N2O3.ClH/c1-6(11)8(10,7(12)13)4-2-3-5-9;/h2-5,9-10H2,1H3,(H,12,13);1H/t8-;/m1./s1. The third-order valence-electron chi connectivity index (χ3n) is 2.04. The van der Waals surface area contributed by atoms with Gasteiger partial charge in [-0.05, 0) is 32.7 Å². The van der Waals surface area contributed by atoms with E-state index >= 15 is 0 Å². The number of carboxylic acid groups (broad SMARTS) is 1. The second-order valence-electron chi connectivity index (χ2n) is 3.08. The quantitative estimate of drug-likeness (QED) is 0.432. The molecule has 0 bridgehead atoms. The minimum Gasteiger partial charge on any atom is -0.480 e. The van der Waals surface area contributed by atoms with Crippen LogP contribution in [0.4, 0.5) is 0 Å². The Bertz CT molecular complexity index is 195.